The number of aromatic hydroxyl groups is 1. The minimum Gasteiger partial charge on any atom is -0.506 e. The van der Waals surface area contributed by atoms with Crippen LogP contribution in [0.5, 0.6) is 23.0 Å². The number of para-hydroxylation sites is 2. The summed E-state index contributed by atoms with van der Waals surface area (Å²) in [6, 6.07) is 11.6. The smallest absolute Gasteiger partial charge is 0.212 e. The van der Waals surface area contributed by atoms with Gasteiger partial charge in [0.2, 0.25) is 17.9 Å². The first-order chi connectivity index (χ1) is 18.1. The topological polar surface area (TPSA) is 96.3 Å². The molecule has 3 N–H and O–H groups in total. The Bertz CT molecular complexity index is 1850. The van der Waals surface area contributed by atoms with Gasteiger partial charge in [-0.05, 0) is 18.6 Å². The molecule has 1 atom stereocenters. The number of ether oxygens (including phenoxy) is 3. The molecule has 0 amide bonds. The summed E-state index contributed by atoms with van der Waals surface area (Å²) in [7, 11) is 5.04. The summed E-state index contributed by atoms with van der Waals surface area (Å²) in [4.78, 5) is 12.0. The quantitative estimate of drug-likeness (QED) is 0.289. The van der Waals surface area contributed by atoms with Crippen molar-refractivity contribution >= 4 is 43.6 Å². The molecule has 6 aromatic rings. The molecule has 7 rings (SSSR count). The number of aryl methyl sites for hydroxylation is 1. The summed E-state index contributed by atoms with van der Waals surface area (Å²) in [5.74, 6) is 2.48. The maximum atomic E-state index is 10.5. The van der Waals surface area contributed by atoms with Gasteiger partial charge in [0.15, 0.2) is 5.75 Å². The highest BCUT2D eigenvalue weighted by Crippen LogP contribution is 2.42. The fourth-order valence-corrected chi connectivity index (χ4v) is 6.10. The Morgan fingerprint density at radius 1 is 0.838 bits per heavy atom. The second-order valence-corrected chi connectivity index (χ2v) is 9.50. The minimum absolute atomic E-state index is 0.0190. The minimum atomic E-state index is -0.0190. The molecule has 0 radical (unpaired) electrons. The molecule has 4 aromatic heterocycles. The standard InChI is InChI=1S/C29H26N4O4/c1-35-20-12-5-8-16-23-21(36-2)13-30-28(29(23)32-26(16)20)18-10-6-9-17-27-24(22(37-3)14-33(17)18)15-7-4-11-19(34)25(15)31-27/h4-5,7-8,11-14,18H,6,9-10H2,1-3H3,(H2,30,32,34)/p+1/t18-/m0/s1. The number of hydrogen-bond acceptors (Lipinski definition) is 5. The van der Waals surface area contributed by atoms with Crippen molar-refractivity contribution in [3.8, 4) is 23.0 Å². The molecule has 5 heterocycles. The number of rotatable bonds is 4. The van der Waals surface area contributed by atoms with E-state index in [1.54, 1.807) is 27.4 Å². The van der Waals surface area contributed by atoms with Crippen LogP contribution in [-0.2, 0) is 6.42 Å². The van der Waals surface area contributed by atoms with Crippen molar-refractivity contribution < 1.29 is 23.9 Å². The van der Waals surface area contributed by atoms with Crippen LogP contribution in [0.4, 0.5) is 0 Å². The van der Waals surface area contributed by atoms with E-state index < -0.39 is 0 Å². The van der Waals surface area contributed by atoms with Crippen molar-refractivity contribution in [1.82, 2.24) is 15.0 Å². The SMILES string of the molecule is COc1cccc2c1[nH]c1c([C@@H]3CCCc4c5[nH]c6c(O)cccc6c5c(OC)c[n+]43)ncc(OC)c12. The van der Waals surface area contributed by atoms with Crippen LogP contribution < -0.4 is 18.8 Å². The molecule has 0 unspecified atom stereocenters. The number of nitrogens with one attached hydrogen (secondary N) is 2. The molecule has 186 valence electrons. The van der Waals surface area contributed by atoms with E-state index in [9.17, 15) is 5.11 Å². The number of nitrogens with zero attached hydrogens (tertiary/aromatic N) is 2. The van der Waals surface area contributed by atoms with Crippen LogP contribution in [0.15, 0.2) is 48.8 Å². The van der Waals surface area contributed by atoms with Gasteiger partial charge in [-0.25, -0.2) is 4.98 Å². The van der Waals surface area contributed by atoms with E-state index in [4.69, 9.17) is 19.2 Å². The van der Waals surface area contributed by atoms with E-state index in [1.807, 2.05) is 30.5 Å². The van der Waals surface area contributed by atoms with Gasteiger partial charge in [-0.1, -0.05) is 24.3 Å². The highest BCUT2D eigenvalue weighted by molar-refractivity contribution is 6.13. The number of methoxy groups -OCH3 is 3. The maximum Gasteiger partial charge on any atom is 0.212 e. The van der Waals surface area contributed by atoms with E-state index in [0.717, 1.165) is 85.8 Å². The summed E-state index contributed by atoms with van der Waals surface area (Å²) in [5, 5.41) is 14.5. The number of fused-ring (bicyclic) bond motifs is 8. The van der Waals surface area contributed by atoms with Crippen molar-refractivity contribution in [3.05, 3.63) is 60.2 Å². The molecule has 37 heavy (non-hydrogen) atoms. The van der Waals surface area contributed by atoms with E-state index in [0.29, 0.717) is 0 Å². The van der Waals surface area contributed by atoms with Gasteiger partial charge in [0.05, 0.1) is 54.8 Å². The lowest BCUT2D eigenvalue weighted by molar-refractivity contribution is -0.725. The van der Waals surface area contributed by atoms with Crippen LogP contribution in [0, 0.1) is 0 Å². The third kappa shape index (κ3) is 2.95. The third-order valence-electron chi connectivity index (χ3n) is 7.74. The van der Waals surface area contributed by atoms with Gasteiger partial charge in [0.25, 0.3) is 0 Å². The summed E-state index contributed by atoms with van der Waals surface area (Å²) in [5.41, 5.74) is 5.69. The molecule has 1 aliphatic rings. The van der Waals surface area contributed by atoms with Crippen LogP contribution in [0.2, 0.25) is 0 Å². The Labute approximate surface area is 212 Å². The monoisotopic (exact) mass is 495 g/mol. The number of hydrogen-bond donors (Lipinski definition) is 3. The van der Waals surface area contributed by atoms with Crippen molar-refractivity contribution in [2.45, 2.75) is 25.3 Å². The van der Waals surface area contributed by atoms with Gasteiger partial charge in [0.1, 0.15) is 28.5 Å². The number of aromatic amines is 2. The van der Waals surface area contributed by atoms with E-state index in [1.165, 1.54) is 5.69 Å². The second kappa shape index (κ2) is 8.03. The molecule has 1 aliphatic heterocycles. The largest absolute Gasteiger partial charge is 0.506 e. The van der Waals surface area contributed by atoms with E-state index in [-0.39, 0.29) is 11.8 Å². The van der Waals surface area contributed by atoms with Gasteiger partial charge < -0.3 is 29.3 Å². The van der Waals surface area contributed by atoms with E-state index >= 15 is 0 Å². The molecule has 0 bridgehead atoms. The van der Waals surface area contributed by atoms with Crippen molar-refractivity contribution in [3.63, 3.8) is 0 Å². The lowest BCUT2D eigenvalue weighted by Crippen LogP contribution is -2.47. The number of aromatic nitrogens is 4. The summed E-state index contributed by atoms with van der Waals surface area (Å²) < 4.78 is 19.6. The number of benzene rings is 2. The van der Waals surface area contributed by atoms with Gasteiger partial charge in [-0.3, -0.25) is 0 Å². The first-order valence-electron chi connectivity index (χ1n) is 12.4. The number of H-pyrrole nitrogens is 2. The maximum absolute atomic E-state index is 10.5. The molecular formula is C29H27N4O4+. The summed E-state index contributed by atoms with van der Waals surface area (Å²) in [6.45, 7) is 0. The molecule has 8 heteroatoms. The van der Waals surface area contributed by atoms with Gasteiger partial charge in [-0.15, -0.1) is 0 Å². The normalized spacial score (nSPS) is 15.5. The first kappa shape index (κ1) is 21.8. The van der Waals surface area contributed by atoms with Crippen molar-refractivity contribution in [2.24, 2.45) is 0 Å². The molecule has 0 fully saturated rings. The van der Waals surface area contributed by atoms with Crippen LogP contribution in [0.25, 0.3) is 43.6 Å². The Morgan fingerprint density at radius 3 is 2.32 bits per heavy atom. The van der Waals surface area contributed by atoms with Crippen molar-refractivity contribution in [1.29, 1.82) is 0 Å². The third-order valence-corrected chi connectivity index (χ3v) is 7.74. The van der Waals surface area contributed by atoms with Crippen LogP contribution in [-0.4, -0.2) is 41.4 Å². The zero-order chi connectivity index (χ0) is 25.3. The Hall–Kier alpha value is -4.46. The molecule has 0 aliphatic carbocycles. The van der Waals surface area contributed by atoms with Crippen LogP contribution >= 0.6 is 0 Å². The average molecular weight is 496 g/mol. The van der Waals surface area contributed by atoms with Gasteiger partial charge in [-0.2, -0.15) is 4.57 Å². The lowest BCUT2D eigenvalue weighted by atomic mass is 9.95. The number of phenolic OH excluding ortho intramolecular Hbond substituents is 1. The van der Waals surface area contributed by atoms with E-state index in [2.05, 4.69) is 26.8 Å². The molecule has 0 saturated heterocycles. The molecule has 8 nitrogen and oxygen atoms in total. The Kier molecular flexibility index (Phi) is 4.73. The zero-order valence-electron chi connectivity index (χ0n) is 20.9. The summed E-state index contributed by atoms with van der Waals surface area (Å²) in [6.07, 6.45) is 6.74. The number of pyridine rings is 2. The second-order valence-electron chi connectivity index (χ2n) is 9.50. The van der Waals surface area contributed by atoms with Gasteiger partial charge >= 0.3 is 0 Å². The molecule has 0 saturated carbocycles. The Balaban J connectivity index is 1.53. The molecule has 2 aromatic carbocycles. The summed E-state index contributed by atoms with van der Waals surface area (Å²) >= 11 is 0. The first-order valence-corrected chi connectivity index (χ1v) is 12.4. The lowest BCUT2D eigenvalue weighted by Gasteiger charge is -2.21. The predicted molar refractivity (Wildman–Crippen MR) is 142 cm³/mol. The highest BCUT2D eigenvalue weighted by Gasteiger charge is 2.36. The highest BCUT2D eigenvalue weighted by atomic mass is 16.5. The van der Waals surface area contributed by atoms with Crippen LogP contribution in [0.3, 0.4) is 0 Å². The zero-order valence-corrected chi connectivity index (χ0v) is 20.9. The fraction of sp³-hybridized carbons (Fsp3) is 0.241. The predicted octanol–water partition coefficient (Wildman–Crippen LogP) is 5.30. The van der Waals surface area contributed by atoms with Crippen molar-refractivity contribution in [2.75, 3.05) is 21.3 Å². The fourth-order valence-electron chi connectivity index (χ4n) is 6.10. The van der Waals surface area contributed by atoms with Gasteiger partial charge in [0, 0.05) is 23.6 Å². The number of phenols is 1. The molecular weight excluding hydrogens is 468 g/mol. The van der Waals surface area contributed by atoms with Crippen LogP contribution in [0.1, 0.15) is 30.3 Å². The molecule has 0 spiro atoms. The Morgan fingerprint density at radius 2 is 1.54 bits per heavy atom. The average Bonchev–Trinajstić information content (AvgIpc) is 3.52.